The van der Waals surface area contributed by atoms with Gasteiger partial charge in [0.1, 0.15) is 6.61 Å². The number of carbonyl (C=O) groups excluding carboxylic acids is 1. The summed E-state index contributed by atoms with van der Waals surface area (Å²) in [4.78, 5) is 23.8. The molecule has 0 saturated carbocycles. The fraction of sp³-hybridized carbons (Fsp3) is 0.522. The van der Waals surface area contributed by atoms with E-state index >= 15 is 0 Å². The summed E-state index contributed by atoms with van der Waals surface area (Å²) in [5.41, 5.74) is 1.39. The molecule has 0 radical (unpaired) electrons. The molecule has 1 aliphatic heterocycles. The number of ether oxygens (including phenoxy) is 2. The van der Waals surface area contributed by atoms with Crippen LogP contribution in [-0.4, -0.2) is 66.6 Å². The van der Waals surface area contributed by atoms with E-state index in [9.17, 15) is 18.0 Å². The Labute approximate surface area is 201 Å². The number of halogens is 3. The minimum absolute atomic E-state index is 0.199. The first-order valence-electron chi connectivity index (χ1n) is 11.1. The molecule has 12 heteroatoms. The molecule has 2 heterocycles. The Morgan fingerprint density at radius 1 is 1.20 bits per heavy atom. The van der Waals surface area contributed by atoms with Crippen molar-refractivity contribution in [3.63, 3.8) is 0 Å². The van der Waals surface area contributed by atoms with Gasteiger partial charge in [0, 0.05) is 18.2 Å². The van der Waals surface area contributed by atoms with Gasteiger partial charge in [-0.25, -0.2) is 4.79 Å². The standard InChI is InChI=1S/C21H29N3O4.C2HF3O2/c1-15(2)18-13-17(28-23-18)14-22-21(25)16-6-7-19(26-3)20(12-16)27-11-10-24-8-4-5-9-24;3-2(4,5)1(6)7/h6-7,12-13,15H,4-5,8-11,14H2,1-3H3,(H,22,25);(H,6,7). The van der Waals surface area contributed by atoms with Crippen LogP contribution in [0.4, 0.5) is 13.2 Å². The fourth-order valence-corrected chi connectivity index (χ4v) is 3.18. The molecule has 1 amide bonds. The number of aromatic nitrogens is 1. The number of nitrogens with one attached hydrogen (secondary N) is 1. The van der Waals surface area contributed by atoms with E-state index in [1.54, 1.807) is 25.3 Å². The molecule has 1 saturated heterocycles. The lowest BCUT2D eigenvalue weighted by molar-refractivity contribution is -0.192. The molecule has 1 fully saturated rings. The van der Waals surface area contributed by atoms with E-state index in [2.05, 4.69) is 15.4 Å². The Morgan fingerprint density at radius 3 is 2.40 bits per heavy atom. The van der Waals surface area contributed by atoms with E-state index in [1.165, 1.54) is 12.8 Å². The summed E-state index contributed by atoms with van der Waals surface area (Å²) < 4.78 is 48.3. The van der Waals surface area contributed by atoms with Gasteiger partial charge >= 0.3 is 12.1 Å². The lowest BCUT2D eigenvalue weighted by atomic mass is 10.1. The molecular weight excluding hydrogens is 471 g/mol. The molecular formula is C23H30F3N3O6. The van der Waals surface area contributed by atoms with Gasteiger partial charge in [0.15, 0.2) is 17.3 Å². The Kier molecular flexibility index (Phi) is 10.4. The molecule has 194 valence electrons. The highest BCUT2D eigenvalue weighted by Gasteiger charge is 2.38. The predicted molar refractivity (Wildman–Crippen MR) is 120 cm³/mol. The highest BCUT2D eigenvalue weighted by atomic mass is 19.4. The molecule has 2 N–H and O–H groups in total. The molecule has 1 aromatic carbocycles. The first kappa shape index (κ1) is 28.0. The van der Waals surface area contributed by atoms with E-state index in [1.807, 2.05) is 19.9 Å². The maximum atomic E-state index is 12.5. The summed E-state index contributed by atoms with van der Waals surface area (Å²) in [6.45, 7) is 8.08. The summed E-state index contributed by atoms with van der Waals surface area (Å²) in [6, 6.07) is 7.07. The molecule has 1 aliphatic rings. The van der Waals surface area contributed by atoms with Gasteiger partial charge in [-0.05, 0) is 50.0 Å². The van der Waals surface area contributed by atoms with Crippen LogP contribution in [0, 0.1) is 0 Å². The Morgan fingerprint density at radius 2 is 1.86 bits per heavy atom. The molecule has 0 unspecified atom stereocenters. The summed E-state index contributed by atoms with van der Waals surface area (Å²) in [5.74, 6) is -0.837. The predicted octanol–water partition coefficient (Wildman–Crippen LogP) is 3.84. The third-order valence-electron chi connectivity index (χ3n) is 5.12. The van der Waals surface area contributed by atoms with Crippen molar-refractivity contribution in [1.82, 2.24) is 15.4 Å². The van der Waals surface area contributed by atoms with Gasteiger partial charge in [-0.3, -0.25) is 9.69 Å². The van der Waals surface area contributed by atoms with Crippen LogP contribution in [0.5, 0.6) is 11.5 Å². The number of methoxy groups -OCH3 is 1. The molecule has 35 heavy (non-hydrogen) atoms. The van der Waals surface area contributed by atoms with Crippen molar-refractivity contribution in [3.05, 3.63) is 41.3 Å². The first-order valence-corrected chi connectivity index (χ1v) is 11.1. The maximum absolute atomic E-state index is 12.5. The van der Waals surface area contributed by atoms with Crippen molar-refractivity contribution in [1.29, 1.82) is 0 Å². The largest absolute Gasteiger partial charge is 0.493 e. The fourth-order valence-electron chi connectivity index (χ4n) is 3.18. The van der Waals surface area contributed by atoms with Crippen LogP contribution in [-0.2, 0) is 11.3 Å². The summed E-state index contributed by atoms with van der Waals surface area (Å²) in [7, 11) is 1.60. The second kappa shape index (κ2) is 13.0. The van der Waals surface area contributed by atoms with Crippen molar-refractivity contribution >= 4 is 11.9 Å². The van der Waals surface area contributed by atoms with Crippen LogP contribution in [0.15, 0.2) is 28.8 Å². The van der Waals surface area contributed by atoms with Crippen LogP contribution >= 0.6 is 0 Å². The highest BCUT2D eigenvalue weighted by Crippen LogP contribution is 2.28. The number of hydrogen-bond acceptors (Lipinski definition) is 7. The molecule has 3 rings (SSSR count). The quantitative estimate of drug-likeness (QED) is 0.533. The first-order chi connectivity index (χ1) is 16.5. The van der Waals surface area contributed by atoms with Crippen molar-refractivity contribution in [2.45, 2.75) is 45.3 Å². The Bertz CT molecular complexity index is 972. The van der Waals surface area contributed by atoms with Crippen molar-refractivity contribution in [3.8, 4) is 11.5 Å². The number of likely N-dealkylation sites (tertiary alicyclic amines) is 1. The average Bonchev–Trinajstić information content (AvgIpc) is 3.49. The summed E-state index contributed by atoms with van der Waals surface area (Å²) in [5, 5.41) is 14.0. The number of carboxylic acids is 1. The lowest BCUT2D eigenvalue weighted by Crippen LogP contribution is -2.25. The van der Waals surface area contributed by atoms with E-state index in [0.29, 0.717) is 29.4 Å². The molecule has 0 aliphatic carbocycles. The van der Waals surface area contributed by atoms with Crippen molar-refractivity contribution in [2.75, 3.05) is 33.4 Å². The SMILES string of the molecule is COc1ccc(C(=O)NCc2cc(C(C)C)no2)cc1OCCN1CCCC1.O=C(O)C(F)(F)F. The van der Waals surface area contributed by atoms with Gasteiger partial charge in [0.2, 0.25) is 0 Å². The van der Waals surface area contributed by atoms with E-state index in [0.717, 1.165) is 25.3 Å². The third kappa shape index (κ3) is 9.12. The minimum atomic E-state index is -5.08. The lowest BCUT2D eigenvalue weighted by Gasteiger charge is -2.16. The normalized spacial score (nSPS) is 13.8. The maximum Gasteiger partial charge on any atom is 0.490 e. The molecule has 0 atom stereocenters. The molecule has 9 nitrogen and oxygen atoms in total. The second-order valence-electron chi connectivity index (χ2n) is 8.12. The molecule has 2 aromatic rings. The molecule has 0 spiro atoms. The van der Waals surface area contributed by atoms with Gasteiger partial charge in [0.25, 0.3) is 5.91 Å². The number of amides is 1. The summed E-state index contributed by atoms with van der Waals surface area (Å²) in [6.07, 6.45) is -2.58. The van der Waals surface area contributed by atoms with Crippen LogP contribution in [0.25, 0.3) is 0 Å². The average molecular weight is 502 g/mol. The number of carboxylic acid groups (broad SMARTS) is 1. The number of alkyl halides is 3. The van der Waals surface area contributed by atoms with Crippen LogP contribution in [0.3, 0.4) is 0 Å². The number of aliphatic carboxylic acids is 1. The van der Waals surface area contributed by atoms with Gasteiger partial charge in [-0.2, -0.15) is 13.2 Å². The zero-order valence-electron chi connectivity index (χ0n) is 19.9. The van der Waals surface area contributed by atoms with Crippen LogP contribution in [0.2, 0.25) is 0 Å². The number of nitrogens with zero attached hydrogens (tertiary/aromatic N) is 2. The highest BCUT2D eigenvalue weighted by molar-refractivity contribution is 5.94. The van der Waals surface area contributed by atoms with Gasteiger partial charge in [-0.15, -0.1) is 0 Å². The summed E-state index contributed by atoms with van der Waals surface area (Å²) >= 11 is 0. The van der Waals surface area contributed by atoms with Gasteiger partial charge in [0.05, 0.1) is 19.3 Å². The molecule has 1 aromatic heterocycles. The van der Waals surface area contributed by atoms with Crippen molar-refractivity contribution in [2.24, 2.45) is 0 Å². The zero-order valence-corrected chi connectivity index (χ0v) is 19.9. The topological polar surface area (TPSA) is 114 Å². The number of hydrogen-bond donors (Lipinski definition) is 2. The van der Waals surface area contributed by atoms with Gasteiger partial charge in [-0.1, -0.05) is 19.0 Å². The van der Waals surface area contributed by atoms with Crippen LogP contribution in [0.1, 0.15) is 54.4 Å². The zero-order chi connectivity index (χ0) is 26.0. The van der Waals surface area contributed by atoms with E-state index in [4.69, 9.17) is 23.9 Å². The van der Waals surface area contributed by atoms with E-state index < -0.39 is 12.1 Å². The van der Waals surface area contributed by atoms with Crippen molar-refractivity contribution < 1.29 is 41.9 Å². The number of rotatable bonds is 9. The smallest absolute Gasteiger partial charge is 0.490 e. The Hall–Kier alpha value is -3.28. The number of carbonyl (C=O) groups is 2. The second-order valence-corrected chi connectivity index (χ2v) is 8.12. The van der Waals surface area contributed by atoms with Gasteiger partial charge < -0.3 is 24.4 Å². The van der Waals surface area contributed by atoms with E-state index in [-0.39, 0.29) is 18.4 Å². The van der Waals surface area contributed by atoms with Crippen LogP contribution < -0.4 is 14.8 Å². The monoisotopic (exact) mass is 501 g/mol. The number of benzene rings is 1. The minimum Gasteiger partial charge on any atom is -0.493 e. The molecule has 0 bridgehead atoms. The Balaban J connectivity index is 0.000000540. The third-order valence-corrected chi connectivity index (χ3v) is 5.12.